The van der Waals surface area contributed by atoms with Crippen LogP contribution in [0.4, 0.5) is 0 Å². The van der Waals surface area contributed by atoms with Crippen LogP contribution in [-0.4, -0.2) is 49.8 Å². The van der Waals surface area contributed by atoms with Gasteiger partial charge in [-0.25, -0.2) is 13.1 Å². The summed E-state index contributed by atoms with van der Waals surface area (Å²) in [4.78, 5) is 0.214. The van der Waals surface area contributed by atoms with Gasteiger partial charge in [0, 0.05) is 24.5 Å². The van der Waals surface area contributed by atoms with Crippen LogP contribution >= 0.6 is 11.8 Å². The summed E-state index contributed by atoms with van der Waals surface area (Å²) in [5.41, 5.74) is 0. The average molecular weight is 292 g/mol. The average Bonchev–Trinajstić information content (AvgIpc) is 2.75. The zero-order valence-electron chi connectivity index (χ0n) is 10.9. The fourth-order valence-corrected chi connectivity index (χ4v) is 3.33. The van der Waals surface area contributed by atoms with E-state index in [1.54, 1.807) is 22.6 Å². The molecule has 1 unspecified atom stereocenters. The molecule has 104 valence electrons. The van der Waals surface area contributed by atoms with Gasteiger partial charge in [0.2, 0.25) is 10.0 Å². The van der Waals surface area contributed by atoms with Crippen LogP contribution in [-0.2, 0) is 16.6 Å². The largest absolute Gasteiger partial charge is 0.318 e. The first-order valence-electron chi connectivity index (χ1n) is 5.68. The molecule has 18 heavy (non-hydrogen) atoms. The summed E-state index contributed by atoms with van der Waals surface area (Å²) in [6, 6.07) is -0.0920. The van der Waals surface area contributed by atoms with Crippen LogP contribution in [0.5, 0.6) is 0 Å². The van der Waals surface area contributed by atoms with Gasteiger partial charge in [-0.15, -0.1) is 0 Å². The molecule has 1 heterocycles. The highest BCUT2D eigenvalue weighted by molar-refractivity contribution is 7.98. The van der Waals surface area contributed by atoms with Crippen molar-refractivity contribution in [3.8, 4) is 0 Å². The summed E-state index contributed by atoms with van der Waals surface area (Å²) in [7, 11) is -1.61. The van der Waals surface area contributed by atoms with Gasteiger partial charge in [0.15, 0.2) is 0 Å². The van der Waals surface area contributed by atoms with Crippen molar-refractivity contribution in [3.63, 3.8) is 0 Å². The van der Waals surface area contributed by atoms with Crippen molar-refractivity contribution < 1.29 is 8.42 Å². The number of hydrogen-bond donors (Lipinski definition) is 2. The molecule has 1 rings (SSSR count). The van der Waals surface area contributed by atoms with Crippen molar-refractivity contribution in [2.24, 2.45) is 0 Å². The lowest BCUT2D eigenvalue weighted by atomic mass is 10.4. The van der Waals surface area contributed by atoms with Gasteiger partial charge < -0.3 is 5.32 Å². The van der Waals surface area contributed by atoms with E-state index in [0.29, 0.717) is 6.54 Å². The van der Waals surface area contributed by atoms with Crippen LogP contribution in [0.3, 0.4) is 0 Å². The molecule has 0 saturated heterocycles. The first kappa shape index (κ1) is 15.5. The number of rotatable bonds is 8. The van der Waals surface area contributed by atoms with Crippen LogP contribution in [0.25, 0.3) is 0 Å². The number of aromatic nitrogens is 2. The van der Waals surface area contributed by atoms with Gasteiger partial charge in [0.1, 0.15) is 4.90 Å². The summed E-state index contributed by atoms with van der Waals surface area (Å²) in [5.74, 6) is 0.743. The zero-order valence-corrected chi connectivity index (χ0v) is 12.5. The third-order valence-corrected chi connectivity index (χ3v) is 4.66. The Morgan fingerprint density at radius 3 is 2.89 bits per heavy atom. The van der Waals surface area contributed by atoms with Gasteiger partial charge in [-0.1, -0.05) is 0 Å². The van der Waals surface area contributed by atoms with E-state index in [2.05, 4.69) is 15.1 Å². The predicted octanol–water partition coefficient (Wildman–Crippen LogP) is 0.132. The molecule has 0 spiro atoms. The van der Waals surface area contributed by atoms with Gasteiger partial charge in [0.05, 0.1) is 12.7 Å². The molecule has 0 amide bonds. The Hall–Kier alpha value is -0.570. The Morgan fingerprint density at radius 1 is 1.56 bits per heavy atom. The molecule has 0 fully saturated rings. The van der Waals surface area contributed by atoms with E-state index in [0.717, 1.165) is 12.3 Å². The molecular weight excluding hydrogens is 272 g/mol. The molecule has 1 aromatic heterocycles. The predicted molar refractivity (Wildman–Crippen MR) is 74.3 cm³/mol. The van der Waals surface area contributed by atoms with Crippen LogP contribution < -0.4 is 10.0 Å². The maximum atomic E-state index is 12.0. The quantitative estimate of drug-likeness (QED) is 0.712. The number of sulfonamides is 1. The maximum absolute atomic E-state index is 12.0. The molecule has 0 saturated carbocycles. The molecule has 0 aliphatic carbocycles. The van der Waals surface area contributed by atoms with Crippen LogP contribution in [0.1, 0.15) is 6.92 Å². The number of thioether (sulfide) groups is 1. The molecule has 1 atom stereocenters. The third-order valence-electron chi connectivity index (χ3n) is 2.28. The highest BCUT2D eigenvalue weighted by Gasteiger charge is 2.18. The summed E-state index contributed by atoms with van der Waals surface area (Å²) in [6.07, 6.45) is 4.87. The van der Waals surface area contributed by atoms with Crippen molar-refractivity contribution in [3.05, 3.63) is 12.4 Å². The molecule has 0 aromatic carbocycles. The zero-order chi connectivity index (χ0) is 13.6. The molecule has 0 aliphatic rings. The van der Waals surface area contributed by atoms with E-state index in [1.807, 2.05) is 20.2 Å². The lowest BCUT2D eigenvalue weighted by molar-refractivity contribution is 0.568. The molecule has 8 heteroatoms. The fourth-order valence-electron chi connectivity index (χ4n) is 1.45. The standard InChI is InChI=1S/C10H20N4O2S2/c1-9(8-17-3)13-18(15,16)10-6-12-14(7-10)5-4-11-2/h6-7,9,11,13H,4-5,8H2,1-3H3. The Labute approximate surface area is 113 Å². The monoisotopic (exact) mass is 292 g/mol. The second-order valence-corrected chi connectivity index (χ2v) is 6.65. The first-order chi connectivity index (χ1) is 8.49. The first-order valence-corrected chi connectivity index (χ1v) is 8.55. The summed E-state index contributed by atoms with van der Waals surface area (Å²) >= 11 is 1.61. The summed E-state index contributed by atoms with van der Waals surface area (Å²) in [5, 5.41) is 7.01. The Bertz CT molecular complexity index is 458. The van der Waals surface area contributed by atoms with E-state index in [-0.39, 0.29) is 10.9 Å². The lowest BCUT2D eigenvalue weighted by Gasteiger charge is -2.11. The Morgan fingerprint density at radius 2 is 2.28 bits per heavy atom. The lowest BCUT2D eigenvalue weighted by Crippen LogP contribution is -2.34. The van der Waals surface area contributed by atoms with E-state index in [1.165, 1.54) is 6.20 Å². The van der Waals surface area contributed by atoms with E-state index in [9.17, 15) is 8.42 Å². The Balaban J connectivity index is 2.69. The highest BCUT2D eigenvalue weighted by Crippen LogP contribution is 2.08. The normalized spacial score (nSPS) is 13.7. The second-order valence-electron chi connectivity index (χ2n) is 4.02. The fraction of sp³-hybridized carbons (Fsp3) is 0.700. The van der Waals surface area contributed by atoms with E-state index >= 15 is 0 Å². The number of nitrogens with zero attached hydrogens (tertiary/aromatic N) is 2. The number of nitrogens with one attached hydrogen (secondary N) is 2. The van der Waals surface area contributed by atoms with Gasteiger partial charge in [0.25, 0.3) is 0 Å². The maximum Gasteiger partial charge on any atom is 0.243 e. The van der Waals surface area contributed by atoms with Gasteiger partial charge in [-0.2, -0.15) is 16.9 Å². The topological polar surface area (TPSA) is 76.0 Å². The van der Waals surface area contributed by atoms with Crippen molar-refractivity contribution in [2.75, 3.05) is 25.6 Å². The molecule has 0 bridgehead atoms. The van der Waals surface area contributed by atoms with Crippen molar-refractivity contribution in [1.82, 2.24) is 19.8 Å². The van der Waals surface area contributed by atoms with Crippen molar-refractivity contribution in [1.29, 1.82) is 0 Å². The molecular formula is C10H20N4O2S2. The van der Waals surface area contributed by atoms with Crippen LogP contribution in [0.2, 0.25) is 0 Å². The molecule has 0 aliphatic heterocycles. The third kappa shape index (κ3) is 4.60. The minimum absolute atomic E-state index is 0.0920. The van der Waals surface area contributed by atoms with Gasteiger partial charge in [-0.3, -0.25) is 4.68 Å². The minimum Gasteiger partial charge on any atom is -0.318 e. The number of hydrogen-bond acceptors (Lipinski definition) is 5. The SMILES string of the molecule is CNCCn1cc(S(=O)(=O)NC(C)CSC)cn1. The summed E-state index contributed by atoms with van der Waals surface area (Å²) < 4.78 is 28.3. The molecule has 0 radical (unpaired) electrons. The summed E-state index contributed by atoms with van der Waals surface area (Å²) in [6.45, 7) is 3.24. The van der Waals surface area contributed by atoms with Gasteiger partial charge >= 0.3 is 0 Å². The highest BCUT2D eigenvalue weighted by atomic mass is 32.2. The van der Waals surface area contributed by atoms with E-state index in [4.69, 9.17) is 0 Å². The Kier molecular flexibility index (Phi) is 6.13. The molecule has 1 aromatic rings. The molecule has 2 N–H and O–H groups in total. The smallest absolute Gasteiger partial charge is 0.243 e. The number of likely N-dealkylation sites (N-methyl/N-ethyl adjacent to an activating group) is 1. The van der Waals surface area contributed by atoms with Crippen LogP contribution in [0.15, 0.2) is 17.3 Å². The van der Waals surface area contributed by atoms with Crippen molar-refractivity contribution in [2.45, 2.75) is 24.4 Å². The van der Waals surface area contributed by atoms with Crippen LogP contribution in [0, 0.1) is 0 Å². The van der Waals surface area contributed by atoms with E-state index < -0.39 is 10.0 Å². The van der Waals surface area contributed by atoms with Crippen molar-refractivity contribution >= 4 is 21.8 Å². The molecule has 6 nitrogen and oxygen atoms in total. The minimum atomic E-state index is -3.45. The van der Waals surface area contributed by atoms with Gasteiger partial charge in [-0.05, 0) is 20.2 Å². The second kappa shape index (κ2) is 7.13.